The molecule has 0 amide bonds. The second-order valence-corrected chi connectivity index (χ2v) is 6.24. The fourth-order valence-electron chi connectivity index (χ4n) is 3.52. The zero-order chi connectivity index (χ0) is 18.3. The van der Waals surface area contributed by atoms with Crippen LogP contribution in [0.5, 0.6) is 11.5 Å². The summed E-state index contributed by atoms with van der Waals surface area (Å²) >= 11 is 0. The van der Waals surface area contributed by atoms with Gasteiger partial charge >= 0.3 is 5.97 Å². The van der Waals surface area contributed by atoms with Crippen molar-refractivity contribution in [3.05, 3.63) is 64.8 Å². The number of para-hydroxylation sites is 1. The van der Waals surface area contributed by atoms with Crippen molar-refractivity contribution in [1.82, 2.24) is 4.98 Å². The van der Waals surface area contributed by atoms with Crippen LogP contribution in [0.25, 0.3) is 22.6 Å². The highest BCUT2D eigenvalue weighted by Crippen LogP contribution is 2.38. The third kappa shape index (κ3) is 2.58. The van der Waals surface area contributed by atoms with Crippen LogP contribution in [0.2, 0.25) is 0 Å². The predicted octanol–water partition coefficient (Wildman–Crippen LogP) is 4.13. The van der Waals surface area contributed by atoms with E-state index in [0.29, 0.717) is 35.1 Å². The summed E-state index contributed by atoms with van der Waals surface area (Å²) in [4.78, 5) is 16.6. The third-order valence-corrected chi connectivity index (χ3v) is 4.70. The number of aromatic nitrogens is 1. The summed E-state index contributed by atoms with van der Waals surface area (Å²) in [6, 6.07) is 12.5. The number of hydrogen-bond donors (Lipinski definition) is 2. The summed E-state index contributed by atoms with van der Waals surface area (Å²) in [5.74, 6) is -0.447. The number of rotatable bonds is 3. The SMILES string of the molecule is COc1ccc(/C=C2/CCc3c2nc2ccccc2c3C(=O)O)cc1O. The molecule has 1 aromatic heterocycles. The molecule has 5 nitrogen and oxygen atoms in total. The Bertz CT molecular complexity index is 1070. The van der Waals surface area contributed by atoms with Crippen molar-refractivity contribution in [3.8, 4) is 11.5 Å². The molecule has 0 unspecified atom stereocenters. The smallest absolute Gasteiger partial charge is 0.336 e. The summed E-state index contributed by atoms with van der Waals surface area (Å²) in [7, 11) is 1.50. The molecule has 3 aromatic rings. The van der Waals surface area contributed by atoms with Gasteiger partial charge < -0.3 is 14.9 Å². The molecule has 0 bridgehead atoms. The zero-order valence-electron chi connectivity index (χ0n) is 14.2. The van der Waals surface area contributed by atoms with Gasteiger partial charge in [-0.05, 0) is 53.8 Å². The number of allylic oxidation sites excluding steroid dienone is 1. The largest absolute Gasteiger partial charge is 0.504 e. The molecule has 0 aliphatic heterocycles. The highest BCUT2D eigenvalue weighted by Gasteiger charge is 2.26. The number of hydrogen-bond acceptors (Lipinski definition) is 4. The summed E-state index contributed by atoms with van der Waals surface area (Å²) in [5.41, 5.74) is 4.31. The van der Waals surface area contributed by atoms with Gasteiger partial charge in [0.15, 0.2) is 11.5 Å². The summed E-state index contributed by atoms with van der Waals surface area (Å²) in [6.45, 7) is 0. The lowest BCUT2D eigenvalue weighted by molar-refractivity contribution is 0.0698. The van der Waals surface area contributed by atoms with Crippen molar-refractivity contribution in [2.24, 2.45) is 0 Å². The maximum atomic E-state index is 11.9. The number of aromatic hydroxyl groups is 1. The molecule has 0 fully saturated rings. The molecule has 0 saturated carbocycles. The molecular formula is C21H17NO4. The van der Waals surface area contributed by atoms with E-state index >= 15 is 0 Å². The van der Waals surface area contributed by atoms with E-state index in [2.05, 4.69) is 0 Å². The Kier molecular flexibility index (Phi) is 3.84. The molecule has 4 rings (SSSR count). The standard InChI is InChI=1S/C21H17NO4/c1-26-18-9-6-12(11-17(18)23)10-13-7-8-15-19(21(24)25)14-4-2-3-5-16(14)22-20(13)15/h2-6,9-11,23H,7-8H2,1H3,(H,24,25)/b13-10-. The Morgan fingerprint density at radius 1 is 1.19 bits per heavy atom. The molecule has 1 aliphatic rings. The van der Waals surface area contributed by atoms with Crippen LogP contribution >= 0.6 is 0 Å². The number of nitrogens with zero attached hydrogens (tertiary/aromatic N) is 1. The van der Waals surface area contributed by atoms with E-state index in [9.17, 15) is 15.0 Å². The van der Waals surface area contributed by atoms with Gasteiger partial charge in [0.2, 0.25) is 0 Å². The van der Waals surface area contributed by atoms with E-state index in [1.54, 1.807) is 18.2 Å². The lowest BCUT2D eigenvalue weighted by Crippen LogP contribution is -2.05. The number of fused-ring (bicyclic) bond motifs is 2. The van der Waals surface area contributed by atoms with Crippen LogP contribution in [0.3, 0.4) is 0 Å². The predicted molar refractivity (Wildman–Crippen MR) is 99.6 cm³/mol. The number of benzene rings is 2. The highest BCUT2D eigenvalue weighted by molar-refractivity contribution is 6.06. The first kappa shape index (κ1) is 16.1. The van der Waals surface area contributed by atoms with Gasteiger partial charge in [-0.2, -0.15) is 0 Å². The first-order valence-corrected chi connectivity index (χ1v) is 8.31. The molecule has 1 heterocycles. The second-order valence-electron chi connectivity index (χ2n) is 6.24. The lowest BCUT2D eigenvalue weighted by Gasteiger charge is -2.09. The van der Waals surface area contributed by atoms with E-state index in [4.69, 9.17) is 9.72 Å². The molecule has 0 spiro atoms. The molecular weight excluding hydrogens is 330 g/mol. The first-order chi connectivity index (χ1) is 12.6. The number of pyridine rings is 1. The molecule has 0 radical (unpaired) electrons. The minimum atomic E-state index is -0.928. The van der Waals surface area contributed by atoms with Gasteiger partial charge in [-0.1, -0.05) is 24.3 Å². The number of carboxylic acid groups (broad SMARTS) is 1. The monoisotopic (exact) mass is 347 g/mol. The topological polar surface area (TPSA) is 79.7 Å². The number of ether oxygens (including phenoxy) is 1. The normalized spacial score (nSPS) is 14.6. The first-order valence-electron chi connectivity index (χ1n) is 8.31. The number of aromatic carboxylic acids is 1. The molecule has 0 atom stereocenters. The number of carboxylic acids is 1. The van der Waals surface area contributed by atoms with Crippen molar-refractivity contribution in [1.29, 1.82) is 0 Å². The number of phenolic OH excluding ortho intramolecular Hbond substituents is 1. The zero-order valence-corrected chi connectivity index (χ0v) is 14.2. The van der Waals surface area contributed by atoms with Crippen molar-refractivity contribution in [2.45, 2.75) is 12.8 Å². The van der Waals surface area contributed by atoms with E-state index in [1.807, 2.05) is 30.3 Å². The summed E-state index contributed by atoms with van der Waals surface area (Å²) in [5, 5.41) is 20.4. The van der Waals surface area contributed by atoms with Crippen molar-refractivity contribution in [3.63, 3.8) is 0 Å². The Labute approximate surface area is 150 Å². The van der Waals surface area contributed by atoms with Crippen LogP contribution in [0.4, 0.5) is 0 Å². The average Bonchev–Trinajstić information content (AvgIpc) is 3.02. The van der Waals surface area contributed by atoms with Crippen molar-refractivity contribution < 1.29 is 19.7 Å². The van der Waals surface area contributed by atoms with E-state index in [-0.39, 0.29) is 5.75 Å². The van der Waals surface area contributed by atoms with Crippen LogP contribution in [-0.4, -0.2) is 28.3 Å². The molecule has 130 valence electrons. The third-order valence-electron chi connectivity index (χ3n) is 4.70. The Hall–Kier alpha value is -3.34. The Morgan fingerprint density at radius 2 is 2.00 bits per heavy atom. The number of phenols is 1. The van der Waals surface area contributed by atoms with Crippen LogP contribution in [0.1, 0.15) is 33.6 Å². The molecule has 2 aromatic carbocycles. The molecule has 5 heteroatoms. The molecule has 26 heavy (non-hydrogen) atoms. The van der Waals surface area contributed by atoms with Gasteiger partial charge in [0.25, 0.3) is 0 Å². The van der Waals surface area contributed by atoms with Crippen LogP contribution in [-0.2, 0) is 6.42 Å². The highest BCUT2D eigenvalue weighted by atomic mass is 16.5. The quantitative estimate of drug-likeness (QED) is 0.744. The van der Waals surface area contributed by atoms with E-state index in [1.165, 1.54) is 7.11 Å². The maximum absolute atomic E-state index is 11.9. The van der Waals surface area contributed by atoms with Crippen LogP contribution < -0.4 is 4.74 Å². The van der Waals surface area contributed by atoms with Crippen molar-refractivity contribution in [2.75, 3.05) is 7.11 Å². The van der Waals surface area contributed by atoms with Gasteiger partial charge in [-0.3, -0.25) is 0 Å². The van der Waals surface area contributed by atoms with E-state index < -0.39 is 5.97 Å². The summed E-state index contributed by atoms with van der Waals surface area (Å²) in [6.07, 6.45) is 3.30. The minimum Gasteiger partial charge on any atom is -0.504 e. The molecule has 1 aliphatic carbocycles. The average molecular weight is 347 g/mol. The van der Waals surface area contributed by atoms with Crippen LogP contribution in [0, 0.1) is 0 Å². The minimum absolute atomic E-state index is 0.0674. The van der Waals surface area contributed by atoms with Gasteiger partial charge in [-0.25, -0.2) is 9.78 Å². The summed E-state index contributed by atoms with van der Waals surface area (Å²) < 4.78 is 5.07. The lowest BCUT2D eigenvalue weighted by atomic mass is 10.0. The maximum Gasteiger partial charge on any atom is 0.336 e. The van der Waals surface area contributed by atoms with Crippen LogP contribution in [0.15, 0.2) is 42.5 Å². The van der Waals surface area contributed by atoms with E-state index in [0.717, 1.165) is 22.4 Å². The van der Waals surface area contributed by atoms with Gasteiger partial charge in [0, 0.05) is 5.39 Å². The van der Waals surface area contributed by atoms with Gasteiger partial charge in [0.1, 0.15) is 0 Å². The molecule has 2 N–H and O–H groups in total. The Balaban J connectivity index is 1.88. The fourth-order valence-corrected chi connectivity index (χ4v) is 3.52. The molecule has 0 saturated heterocycles. The van der Waals surface area contributed by atoms with Gasteiger partial charge in [0.05, 0.1) is 23.9 Å². The Morgan fingerprint density at radius 3 is 2.73 bits per heavy atom. The fraction of sp³-hybridized carbons (Fsp3) is 0.143. The second kappa shape index (κ2) is 6.19. The van der Waals surface area contributed by atoms with Crippen molar-refractivity contribution >= 4 is 28.5 Å². The number of methoxy groups -OCH3 is 1. The van der Waals surface area contributed by atoms with Gasteiger partial charge in [-0.15, -0.1) is 0 Å². The number of carbonyl (C=O) groups is 1.